The Morgan fingerprint density at radius 2 is 1.74 bits per heavy atom. The summed E-state index contributed by atoms with van der Waals surface area (Å²) >= 11 is 3.56. The van der Waals surface area contributed by atoms with Crippen molar-refractivity contribution >= 4 is 21.7 Å². The van der Waals surface area contributed by atoms with Crippen molar-refractivity contribution in [1.82, 2.24) is 4.90 Å². The minimum absolute atomic E-state index is 0.0888. The molecule has 4 heteroatoms. The van der Waals surface area contributed by atoms with Crippen molar-refractivity contribution in [3.8, 4) is 16.9 Å². The zero-order chi connectivity index (χ0) is 16.6. The zero-order valence-electron chi connectivity index (χ0n) is 13.6. The summed E-state index contributed by atoms with van der Waals surface area (Å²) in [6.45, 7) is 6.98. The van der Waals surface area contributed by atoms with E-state index in [-0.39, 0.29) is 5.78 Å². The van der Waals surface area contributed by atoms with Crippen LogP contribution in [0.15, 0.2) is 34.8 Å². The summed E-state index contributed by atoms with van der Waals surface area (Å²) in [4.78, 5) is 15.1. The molecule has 0 saturated heterocycles. The summed E-state index contributed by atoms with van der Waals surface area (Å²) in [5.41, 5.74) is 4.65. The first-order valence-corrected chi connectivity index (χ1v) is 8.67. The Bertz CT molecular complexity index is 766. The van der Waals surface area contributed by atoms with Crippen molar-refractivity contribution < 1.29 is 9.53 Å². The van der Waals surface area contributed by atoms with E-state index in [0.717, 1.165) is 57.7 Å². The molecule has 0 atom stereocenters. The SMILES string of the molecule is CCN(CC)Cc1c(OC)cc(Br)c2c1-c1ccccc1C2=O. The van der Waals surface area contributed by atoms with Gasteiger partial charge in [-0.25, -0.2) is 0 Å². The van der Waals surface area contributed by atoms with Gasteiger partial charge < -0.3 is 4.74 Å². The van der Waals surface area contributed by atoms with Crippen LogP contribution in [-0.2, 0) is 6.54 Å². The number of ether oxygens (including phenoxy) is 1. The molecule has 0 unspecified atom stereocenters. The van der Waals surface area contributed by atoms with Gasteiger partial charge in [0.05, 0.1) is 7.11 Å². The van der Waals surface area contributed by atoms with Crippen molar-refractivity contribution in [2.75, 3.05) is 20.2 Å². The van der Waals surface area contributed by atoms with Gasteiger partial charge in [-0.1, -0.05) is 38.1 Å². The number of benzene rings is 2. The van der Waals surface area contributed by atoms with Crippen LogP contribution in [0.5, 0.6) is 5.75 Å². The molecule has 0 fully saturated rings. The number of carbonyl (C=O) groups excluding carboxylic acids is 1. The van der Waals surface area contributed by atoms with E-state index >= 15 is 0 Å². The molecule has 0 aliphatic heterocycles. The van der Waals surface area contributed by atoms with Gasteiger partial charge in [0.25, 0.3) is 0 Å². The van der Waals surface area contributed by atoms with Gasteiger partial charge >= 0.3 is 0 Å². The third-order valence-electron chi connectivity index (χ3n) is 4.51. The van der Waals surface area contributed by atoms with Gasteiger partial charge in [0, 0.05) is 33.3 Å². The average Bonchev–Trinajstić information content (AvgIpc) is 2.88. The van der Waals surface area contributed by atoms with Crippen LogP contribution in [0, 0.1) is 0 Å². The molecule has 3 nitrogen and oxygen atoms in total. The first-order valence-electron chi connectivity index (χ1n) is 7.88. The van der Waals surface area contributed by atoms with E-state index in [9.17, 15) is 4.79 Å². The first kappa shape index (κ1) is 16.2. The number of methoxy groups -OCH3 is 1. The Labute approximate surface area is 145 Å². The van der Waals surface area contributed by atoms with Crippen LogP contribution in [0.2, 0.25) is 0 Å². The van der Waals surface area contributed by atoms with Crippen molar-refractivity contribution in [3.63, 3.8) is 0 Å². The summed E-state index contributed by atoms with van der Waals surface area (Å²) in [5.74, 6) is 0.915. The summed E-state index contributed by atoms with van der Waals surface area (Å²) in [6, 6.07) is 9.74. The molecule has 120 valence electrons. The van der Waals surface area contributed by atoms with Crippen LogP contribution < -0.4 is 4.74 Å². The summed E-state index contributed by atoms with van der Waals surface area (Å²) in [7, 11) is 1.68. The van der Waals surface area contributed by atoms with Gasteiger partial charge in [-0.2, -0.15) is 0 Å². The number of ketones is 1. The van der Waals surface area contributed by atoms with Crippen molar-refractivity contribution in [2.45, 2.75) is 20.4 Å². The van der Waals surface area contributed by atoms with E-state index in [1.54, 1.807) is 7.11 Å². The lowest BCUT2D eigenvalue weighted by Crippen LogP contribution is -2.23. The molecule has 0 spiro atoms. The van der Waals surface area contributed by atoms with Gasteiger partial charge in [-0.15, -0.1) is 0 Å². The van der Waals surface area contributed by atoms with Gasteiger partial charge in [0.2, 0.25) is 0 Å². The van der Waals surface area contributed by atoms with Gasteiger partial charge in [-0.05, 0) is 40.6 Å². The highest BCUT2D eigenvalue weighted by atomic mass is 79.9. The largest absolute Gasteiger partial charge is 0.496 e. The maximum absolute atomic E-state index is 12.8. The van der Waals surface area contributed by atoms with Gasteiger partial charge in [0.15, 0.2) is 5.78 Å². The lowest BCUT2D eigenvalue weighted by atomic mass is 9.98. The Morgan fingerprint density at radius 1 is 1.09 bits per heavy atom. The van der Waals surface area contributed by atoms with E-state index in [2.05, 4.69) is 34.7 Å². The normalized spacial score (nSPS) is 12.5. The Morgan fingerprint density at radius 3 is 2.35 bits per heavy atom. The third-order valence-corrected chi connectivity index (χ3v) is 5.14. The summed E-state index contributed by atoms with van der Waals surface area (Å²) in [6.07, 6.45) is 0. The molecule has 0 N–H and O–H groups in total. The fraction of sp³-hybridized carbons (Fsp3) is 0.316. The molecule has 0 amide bonds. The summed E-state index contributed by atoms with van der Waals surface area (Å²) in [5, 5.41) is 0. The van der Waals surface area contributed by atoms with Crippen molar-refractivity contribution in [3.05, 3.63) is 51.5 Å². The second-order valence-electron chi connectivity index (χ2n) is 5.63. The van der Waals surface area contributed by atoms with E-state index in [1.807, 2.05) is 30.3 Å². The van der Waals surface area contributed by atoms with Crippen molar-refractivity contribution in [1.29, 1.82) is 0 Å². The molecule has 3 rings (SSSR count). The quantitative estimate of drug-likeness (QED) is 0.658. The number of hydrogen-bond donors (Lipinski definition) is 0. The van der Waals surface area contributed by atoms with Crippen LogP contribution in [0.25, 0.3) is 11.1 Å². The number of fused-ring (bicyclic) bond motifs is 3. The molecule has 1 aliphatic rings. The molecule has 0 bridgehead atoms. The molecule has 0 heterocycles. The van der Waals surface area contributed by atoms with Crippen LogP contribution in [0.4, 0.5) is 0 Å². The van der Waals surface area contributed by atoms with E-state index < -0.39 is 0 Å². The zero-order valence-corrected chi connectivity index (χ0v) is 15.2. The standard InChI is InChI=1S/C19H20BrNO2/c1-4-21(5-2)11-14-16(23-3)10-15(20)18-17(14)12-8-6-7-9-13(12)19(18)22/h6-10H,4-5,11H2,1-3H3. The smallest absolute Gasteiger partial charge is 0.195 e. The van der Waals surface area contributed by atoms with Gasteiger partial charge in [0.1, 0.15) is 5.75 Å². The predicted octanol–water partition coefficient (Wildman–Crippen LogP) is 4.51. The minimum atomic E-state index is 0.0888. The number of nitrogens with zero attached hydrogens (tertiary/aromatic N) is 1. The highest BCUT2D eigenvalue weighted by molar-refractivity contribution is 9.10. The third kappa shape index (κ3) is 2.60. The van der Waals surface area contributed by atoms with Crippen molar-refractivity contribution in [2.24, 2.45) is 0 Å². The Hall–Kier alpha value is -1.65. The molecule has 2 aromatic rings. The average molecular weight is 374 g/mol. The van der Waals surface area contributed by atoms with E-state index in [4.69, 9.17) is 4.74 Å². The Kier molecular flexibility index (Phi) is 4.55. The molecule has 2 aromatic carbocycles. The highest BCUT2D eigenvalue weighted by Crippen LogP contribution is 2.46. The predicted molar refractivity (Wildman–Crippen MR) is 96.2 cm³/mol. The number of hydrogen-bond acceptors (Lipinski definition) is 3. The number of rotatable bonds is 5. The van der Waals surface area contributed by atoms with Crippen LogP contribution in [0.1, 0.15) is 35.3 Å². The topological polar surface area (TPSA) is 29.5 Å². The van der Waals surface area contributed by atoms with Gasteiger partial charge in [-0.3, -0.25) is 9.69 Å². The Balaban J connectivity index is 2.27. The highest BCUT2D eigenvalue weighted by Gasteiger charge is 2.32. The first-order chi connectivity index (χ1) is 11.1. The summed E-state index contributed by atoms with van der Waals surface area (Å²) < 4.78 is 6.42. The second kappa shape index (κ2) is 6.46. The van der Waals surface area contributed by atoms with E-state index in [0.29, 0.717) is 0 Å². The molecule has 1 aliphatic carbocycles. The maximum Gasteiger partial charge on any atom is 0.195 e. The van der Waals surface area contributed by atoms with E-state index in [1.165, 1.54) is 0 Å². The molecule has 0 aromatic heterocycles. The second-order valence-corrected chi connectivity index (χ2v) is 6.48. The lowest BCUT2D eigenvalue weighted by Gasteiger charge is -2.22. The lowest BCUT2D eigenvalue weighted by molar-refractivity contribution is 0.104. The molecule has 0 radical (unpaired) electrons. The monoisotopic (exact) mass is 373 g/mol. The van der Waals surface area contributed by atoms with Crippen LogP contribution in [0.3, 0.4) is 0 Å². The molecule has 23 heavy (non-hydrogen) atoms. The van der Waals surface area contributed by atoms with Crippen LogP contribution >= 0.6 is 15.9 Å². The number of halogens is 1. The number of carbonyl (C=O) groups is 1. The fourth-order valence-electron chi connectivity index (χ4n) is 3.23. The van der Waals surface area contributed by atoms with Crippen LogP contribution in [-0.4, -0.2) is 30.9 Å². The molecular formula is C19H20BrNO2. The fourth-order valence-corrected chi connectivity index (χ4v) is 3.82. The maximum atomic E-state index is 12.8. The molecular weight excluding hydrogens is 354 g/mol. The molecule has 0 saturated carbocycles. The minimum Gasteiger partial charge on any atom is -0.496 e.